The van der Waals surface area contributed by atoms with E-state index in [9.17, 15) is 4.79 Å². The zero-order chi connectivity index (χ0) is 12.0. The molecule has 1 heteroatoms. The topological polar surface area (TPSA) is 17.1 Å². The molecule has 0 saturated heterocycles. The molecule has 16 heavy (non-hydrogen) atoms. The molecule has 0 heterocycles. The van der Waals surface area contributed by atoms with Crippen LogP contribution in [-0.2, 0) is 4.79 Å². The van der Waals surface area contributed by atoms with E-state index in [1.54, 1.807) is 0 Å². The van der Waals surface area contributed by atoms with Crippen LogP contribution in [0, 0.1) is 28.6 Å². The molecule has 2 saturated carbocycles. The minimum atomic E-state index is 0.247. The predicted octanol–water partition coefficient (Wildman–Crippen LogP) is 4.06. The molecule has 0 aromatic rings. The van der Waals surface area contributed by atoms with Gasteiger partial charge in [0.15, 0.2) is 0 Å². The van der Waals surface area contributed by atoms with Gasteiger partial charge in [-0.15, -0.1) is 0 Å². The monoisotopic (exact) mass is 222 g/mol. The fourth-order valence-electron chi connectivity index (χ4n) is 4.80. The van der Waals surface area contributed by atoms with Crippen molar-refractivity contribution in [1.29, 1.82) is 0 Å². The van der Waals surface area contributed by atoms with Gasteiger partial charge in [-0.3, -0.25) is 0 Å². The first-order chi connectivity index (χ1) is 7.45. The summed E-state index contributed by atoms with van der Waals surface area (Å²) in [6.07, 6.45) is 7.84. The van der Waals surface area contributed by atoms with Crippen LogP contribution in [-0.4, -0.2) is 6.29 Å². The molecule has 0 aromatic heterocycles. The van der Waals surface area contributed by atoms with Crippen LogP contribution in [0.3, 0.4) is 0 Å². The standard InChI is InChI=1S/C15H26O/c1-11(10-16)13-7-9-14(3)12(2)6-5-8-15(13,14)4/h10-13H,5-9H2,1-4H3/t11-,12+,13-,14+,15-/m1/s1. The third-order valence-electron chi connectivity index (χ3n) is 6.37. The van der Waals surface area contributed by atoms with Crippen molar-refractivity contribution >= 4 is 6.29 Å². The number of aldehydes is 1. The third-order valence-corrected chi connectivity index (χ3v) is 6.37. The van der Waals surface area contributed by atoms with Crippen LogP contribution >= 0.6 is 0 Å². The Bertz CT molecular complexity index is 285. The Morgan fingerprint density at radius 1 is 1.19 bits per heavy atom. The van der Waals surface area contributed by atoms with Crippen LogP contribution in [0.5, 0.6) is 0 Å². The average Bonchev–Trinajstić information content (AvgIpc) is 2.53. The highest BCUT2D eigenvalue weighted by atomic mass is 16.1. The van der Waals surface area contributed by atoms with E-state index >= 15 is 0 Å². The van der Waals surface area contributed by atoms with Crippen molar-refractivity contribution in [3.63, 3.8) is 0 Å². The lowest BCUT2D eigenvalue weighted by Crippen LogP contribution is -2.46. The van der Waals surface area contributed by atoms with E-state index in [4.69, 9.17) is 0 Å². The van der Waals surface area contributed by atoms with Crippen LogP contribution in [0.2, 0.25) is 0 Å². The molecule has 5 atom stereocenters. The van der Waals surface area contributed by atoms with Gasteiger partial charge in [0.1, 0.15) is 6.29 Å². The van der Waals surface area contributed by atoms with Crippen molar-refractivity contribution in [3.8, 4) is 0 Å². The minimum absolute atomic E-state index is 0.247. The van der Waals surface area contributed by atoms with Gasteiger partial charge >= 0.3 is 0 Å². The summed E-state index contributed by atoms with van der Waals surface area (Å²) in [5.74, 6) is 1.70. The molecule has 0 aliphatic heterocycles. The van der Waals surface area contributed by atoms with Gasteiger partial charge in [-0.05, 0) is 41.9 Å². The summed E-state index contributed by atoms with van der Waals surface area (Å²) in [4.78, 5) is 11.1. The molecule has 0 unspecified atom stereocenters. The van der Waals surface area contributed by atoms with Crippen molar-refractivity contribution in [2.45, 2.75) is 59.8 Å². The average molecular weight is 222 g/mol. The Kier molecular flexibility index (Phi) is 2.92. The SMILES string of the molecule is C[C@H](C=O)[C@H]1CC[C@@]2(C)[C@@H](C)CCC[C@]12C. The first-order valence-corrected chi connectivity index (χ1v) is 6.91. The summed E-state index contributed by atoms with van der Waals surface area (Å²) >= 11 is 0. The highest BCUT2D eigenvalue weighted by Gasteiger charge is 2.58. The first-order valence-electron chi connectivity index (χ1n) is 6.91. The lowest BCUT2D eigenvalue weighted by atomic mass is 9.52. The first kappa shape index (κ1) is 12.1. The zero-order valence-corrected chi connectivity index (χ0v) is 11.3. The van der Waals surface area contributed by atoms with Gasteiger partial charge in [0.2, 0.25) is 0 Å². The number of hydrogen-bond donors (Lipinski definition) is 0. The molecule has 0 bridgehead atoms. The number of rotatable bonds is 2. The van der Waals surface area contributed by atoms with Crippen LogP contribution in [0.1, 0.15) is 59.8 Å². The van der Waals surface area contributed by atoms with E-state index in [-0.39, 0.29) is 5.92 Å². The molecule has 2 aliphatic rings. The highest BCUT2D eigenvalue weighted by molar-refractivity contribution is 5.54. The van der Waals surface area contributed by atoms with Crippen molar-refractivity contribution in [3.05, 3.63) is 0 Å². The number of carbonyl (C=O) groups excluding carboxylic acids is 1. The van der Waals surface area contributed by atoms with E-state index in [0.717, 1.165) is 5.92 Å². The summed E-state index contributed by atoms with van der Waals surface area (Å²) in [7, 11) is 0. The Morgan fingerprint density at radius 2 is 1.88 bits per heavy atom. The van der Waals surface area contributed by atoms with Crippen LogP contribution in [0.15, 0.2) is 0 Å². The Hall–Kier alpha value is -0.330. The molecular weight excluding hydrogens is 196 g/mol. The third kappa shape index (κ3) is 1.39. The quantitative estimate of drug-likeness (QED) is 0.644. The maximum Gasteiger partial charge on any atom is 0.123 e. The fourth-order valence-corrected chi connectivity index (χ4v) is 4.80. The molecule has 2 fully saturated rings. The summed E-state index contributed by atoms with van der Waals surface area (Å²) in [6, 6.07) is 0. The molecule has 92 valence electrons. The van der Waals surface area contributed by atoms with Gasteiger partial charge < -0.3 is 4.79 Å². The van der Waals surface area contributed by atoms with Crippen molar-refractivity contribution in [2.24, 2.45) is 28.6 Å². The smallest absolute Gasteiger partial charge is 0.123 e. The number of hydrogen-bond acceptors (Lipinski definition) is 1. The van der Waals surface area contributed by atoms with Crippen LogP contribution < -0.4 is 0 Å². The van der Waals surface area contributed by atoms with Gasteiger partial charge in [-0.2, -0.15) is 0 Å². The van der Waals surface area contributed by atoms with E-state index in [2.05, 4.69) is 27.7 Å². The van der Waals surface area contributed by atoms with E-state index < -0.39 is 0 Å². The lowest BCUT2D eigenvalue weighted by molar-refractivity contribution is -0.115. The second kappa shape index (κ2) is 3.85. The summed E-state index contributed by atoms with van der Waals surface area (Å²) in [6.45, 7) is 9.48. The van der Waals surface area contributed by atoms with Gasteiger partial charge in [0, 0.05) is 5.92 Å². The van der Waals surface area contributed by atoms with Gasteiger partial charge in [-0.1, -0.05) is 40.5 Å². The zero-order valence-electron chi connectivity index (χ0n) is 11.3. The normalized spacial score (nSPS) is 49.8. The molecule has 0 aromatic carbocycles. The summed E-state index contributed by atoms with van der Waals surface area (Å²) in [5.41, 5.74) is 0.887. The molecule has 0 amide bonds. The van der Waals surface area contributed by atoms with E-state index in [0.29, 0.717) is 16.7 Å². The molecule has 0 spiro atoms. The summed E-state index contributed by atoms with van der Waals surface area (Å²) < 4.78 is 0. The number of carbonyl (C=O) groups is 1. The highest BCUT2D eigenvalue weighted by Crippen LogP contribution is 2.66. The maximum absolute atomic E-state index is 11.1. The van der Waals surface area contributed by atoms with Crippen LogP contribution in [0.4, 0.5) is 0 Å². The van der Waals surface area contributed by atoms with E-state index in [1.165, 1.54) is 38.4 Å². The van der Waals surface area contributed by atoms with Gasteiger partial charge in [0.25, 0.3) is 0 Å². The molecular formula is C15H26O. The molecule has 1 nitrogen and oxygen atoms in total. The Morgan fingerprint density at radius 3 is 2.50 bits per heavy atom. The molecule has 2 rings (SSSR count). The maximum atomic E-state index is 11.1. The molecule has 0 radical (unpaired) electrons. The summed E-state index contributed by atoms with van der Waals surface area (Å²) in [5, 5.41) is 0. The van der Waals surface area contributed by atoms with Gasteiger partial charge in [-0.25, -0.2) is 0 Å². The van der Waals surface area contributed by atoms with E-state index in [1.807, 2.05) is 0 Å². The largest absolute Gasteiger partial charge is 0.303 e. The fraction of sp³-hybridized carbons (Fsp3) is 0.933. The Labute approximate surface area is 100.0 Å². The van der Waals surface area contributed by atoms with Crippen molar-refractivity contribution in [1.82, 2.24) is 0 Å². The van der Waals surface area contributed by atoms with Crippen LogP contribution in [0.25, 0.3) is 0 Å². The second-order valence-electron chi connectivity index (χ2n) is 6.77. The minimum Gasteiger partial charge on any atom is -0.303 e. The van der Waals surface area contributed by atoms with Crippen molar-refractivity contribution in [2.75, 3.05) is 0 Å². The lowest BCUT2D eigenvalue weighted by Gasteiger charge is -2.53. The molecule has 2 aliphatic carbocycles. The van der Waals surface area contributed by atoms with Gasteiger partial charge in [0.05, 0.1) is 0 Å². The Balaban J connectivity index is 2.32. The predicted molar refractivity (Wildman–Crippen MR) is 67.2 cm³/mol. The second-order valence-corrected chi connectivity index (χ2v) is 6.77. The molecule has 0 N–H and O–H groups in total. The number of fused-ring (bicyclic) bond motifs is 1. The van der Waals surface area contributed by atoms with Crippen molar-refractivity contribution < 1.29 is 4.79 Å².